The molecule has 0 aliphatic carbocycles. The van der Waals surface area contributed by atoms with Gasteiger partial charge in [0.1, 0.15) is 12.5 Å². The zero-order valence-corrected chi connectivity index (χ0v) is 19.5. The molecule has 6 heteroatoms. The average Bonchev–Trinajstić information content (AvgIpc) is 3.21. The van der Waals surface area contributed by atoms with Crippen molar-refractivity contribution in [1.82, 2.24) is 14.8 Å². The molecule has 0 amide bonds. The van der Waals surface area contributed by atoms with Gasteiger partial charge in [-0.3, -0.25) is 0 Å². The molecule has 0 radical (unpaired) electrons. The van der Waals surface area contributed by atoms with Gasteiger partial charge in [-0.15, -0.1) is 5.10 Å². The van der Waals surface area contributed by atoms with Gasteiger partial charge < -0.3 is 4.74 Å². The third-order valence-electron chi connectivity index (χ3n) is 5.08. The predicted molar refractivity (Wildman–Crippen MR) is 132 cm³/mol. The first kappa shape index (κ1) is 22.2. The Labute approximate surface area is 190 Å². The van der Waals surface area contributed by atoms with Crippen LogP contribution in [0, 0.1) is 5.82 Å². The summed E-state index contributed by atoms with van der Waals surface area (Å²) in [4.78, 5) is 4.76. The standard InChI is InChI=1S/C26H28FN3OS/c1-32(2,3)18-17-31-19-30-26(28-25(29-30)21-13-8-5-9-14-21)24-22(15-10-16-23(24)27)20-11-6-4-7-12-20/h4-16H,17-19H2,1-3H3. The number of ether oxygens (including phenoxy) is 1. The molecule has 0 spiro atoms. The van der Waals surface area contributed by atoms with Gasteiger partial charge in [-0.2, -0.15) is 0 Å². The Morgan fingerprint density at radius 1 is 0.844 bits per heavy atom. The fourth-order valence-electron chi connectivity index (χ4n) is 3.40. The largest absolute Gasteiger partial charge is 0.358 e. The molecule has 0 bridgehead atoms. The molecule has 3 aromatic carbocycles. The van der Waals surface area contributed by atoms with E-state index >= 15 is 4.39 Å². The molecule has 0 N–H and O–H groups in total. The highest BCUT2D eigenvalue weighted by Gasteiger charge is 2.21. The molecular formula is C26H28FN3OS. The van der Waals surface area contributed by atoms with E-state index in [-0.39, 0.29) is 12.5 Å². The lowest BCUT2D eigenvalue weighted by atomic mass is 9.98. The van der Waals surface area contributed by atoms with Crippen LogP contribution in [-0.4, -0.2) is 45.9 Å². The van der Waals surface area contributed by atoms with E-state index in [9.17, 15) is 0 Å². The van der Waals surface area contributed by atoms with Crippen LogP contribution in [0.5, 0.6) is 0 Å². The first-order valence-electron chi connectivity index (χ1n) is 10.5. The maximum atomic E-state index is 15.2. The van der Waals surface area contributed by atoms with Crippen LogP contribution in [0.15, 0.2) is 78.9 Å². The quantitative estimate of drug-likeness (QED) is 0.306. The molecule has 1 aromatic heterocycles. The highest BCUT2D eigenvalue weighted by molar-refractivity contribution is 8.32. The van der Waals surface area contributed by atoms with Gasteiger partial charge in [-0.05, 0) is 36.0 Å². The molecule has 4 aromatic rings. The van der Waals surface area contributed by atoms with E-state index in [1.165, 1.54) is 6.07 Å². The van der Waals surface area contributed by atoms with Gasteiger partial charge >= 0.3 is 0 Å². The lowest BCUT2D eigenvalue weighted by Crippen LogP contribution is -2.12. The second-order valence-electron chi connectivity index (χ2n) is 8.49. The van der Waals surface area contributed by atoms with Crippen LogP contribution in [-0.2, 0) is 11.5 Å². The summed E-state index contributed by atoms with van der Waals surface area (Å²) in [6, 6.07) is 24.6. The van der Waals surface area contributed by atoms with Gasteiger partial charge in [0.15, 0.2) is 11.6 Å². The minimum absolute atomic E-state index is 0.216. The van der Waals surface area contributed by atoms with Crippen molar-refractivity contribution in [3.63, 3.8) is 0 Å². The van der Waals surface area contributed by atoms with E-state index in [4.69, 9.17) is 9.72 Å². The van der Waals surface area contributed by atoms with Crippen LogP contribution < -0.4 is 0 Å². The average molecular weight is 450 g/mol. The first-order valence-corrected chi connectivity index (χ1v) is 13.5. The first-order chi connectivity index (χ1) is 15.4. The van der Waals surface area contributed by atoms with Crippen molar-refractivity contribution in [3.8, 4) is 33.9 Å². The zero-order valence-electron chi connectivity index (χ0n) is 18.7. The van der Waals surface area contributed by atoms with Crippen LogP contribution in [0.2, 0.25) is 0 Å². The number of hydrogen-bond donors (Lipinski definition) is 0. The molecule has 0 aliphatic rings. The van der Waals surface area contributed by atoms with Crippen molar-refractivity contribution < 1.29 is 9.13 Å². The number of hydrogen-bond acceptors (Lipinski definition) is 3. The Bertz CT molecular complexity index is 1170. The van der Waals surface area contributed by atoms with E-state index < -0.39 is 10.0 Å². The number of nitrogens with zero attached hydrogens (tertiary/aromatic N) is 3. The van der Waals surface area contributed by atoms with Crippen molar-refractivity contribution in [2.45, 2.75) is 6.73 Å². The molecule has 0 saturated carbocycles. The fraction of sp³-hybridized carbons (Fsp3) is 0.231. The highest BCUT2D eigenvalue weighted by Crippen LogP contribution is 2.35. The molecule has 0 saturated heterocycles. The summed E-state index contributed by atoms with van der Waals surface area (Å²) in [5, 5.41) is 4.69. The van der Waals surface area contributed by atoms with Crippen molar-refractivity contribution >= 4 is 10.0 Å². The van der Waals surface area contributed by atoms with Crippen LogP contribution in [0.1, 0.15) is 0 Å². The van der Waals surface area contributed by atoms with Gasteiger partial charge in [0.25, 0.3) is 0 Å². The smallest absolute Gasteiger partial charge is 0.181 e. The summed E-state index contributed by atoms with van der Waals surface area (Å²) in [6.07, 6.45) is 6.78. The van der Waals surface area contributed by atoms with Crippen molar-refractivity contribution in [1.29, 1.82) is 0 Å². The summed E-state index contributed by atoms with van der Waals surface area (Å²) in [5.41, 5.74) is 3.01. The summed E-state index contributed by atoms with van der Waals surface area (Å²) < 4.78 is 22.9. The lowest BCUT2D eigenvalue weighted by Gasteiger charge is -2.24. The second kappa shape index (κ2) is 9.67. The number of rotatable bonds is 8. The minimum Gasteiger partial charge on any atom is -0.358 e. The normalized spacial score (nSPS) is 12.1. The van der Waals surface area contributed by atoms with E-state index in [1.54, 1.807) is 10.7 Å². The minimum atomic E-state index is -0.658. The van der Waals surface area contributed by atoms with E-state index in [0.717, 1.165) is 22.4 Å². The van der Waals surface area contributed by atoms with E-state index in [0.29, 0.717) is 23.8 Å². The summed E-state index contributed by atoms with van der Waals surface area (Å²) in [7, 11) is -0.658. The molecule has 0 fully saturated rings. The maximum absolute atomic E-state index is 15.2. The van der Waals surface area contributed by atoms with Crippen molar-refractivity contribution in [3.05, 3.63) is 84.7 Å². The van der Waals surface area contributed by atoms with Crippen molar-refractivity contribution in [2.24, 2.45) is 0 Å². The topological polar surface area (TPSA) is 39.9 Å². The fourth-order valence-corrected chi connectivity index (χ4v) is 4.01. The van der Waals surface area contributed by atoms with Gasteiger partial charge in [0.2, 0.25) is 0 Å². The number of benzene rings is 3. The lowest BCUT2D eigenvalue weighted by molar-refractivity contribution is 0.0821. The molecule has 32 heavy (non-hydrogen) atoms. The molecule has 4 nitrogen and oxygen atoms in total. The molecule has 166 valence electrons. The summed E-state index contributed by atoms with van der Waals surface area (Å²) in [5.74, 6) is 1.67. The zero-order chi connectivity index (χ0) is 22.6. The SMILES string of the molecule is CS(C)(C)CCOCn1nc(-c2ccccc2)nc1-c1c(F)cccc1-c1ccccc1. The highest BCUT2D eigenvalue weighted by atomic mass is 32.3. The van der Waals surface area contributed by atoms with Gasteiger partial charge in [0, 0.05) is 11.3 Å². The van der Waals surface area contributed by atoms with Crippen LogP contribution in [0.4, 0.5) is 4.39 Å². The Kier molecular flexibility index (Phi) is 6.72. The summed E-state index contributed by atoms with van der Waals surface area (Å²) in [6.45, 7) is 0.842. The third kappa shape index (κ3) is 5.26. The Morgan fingerprint density at radius 3 is 2.16 bits per heavy atom. The number of halogens is 1. The van der Waals surface area contributed by atoms with E-state index in [2.05, 4.69) is 23.9 Å². The van der Waals surface area contributed by atoms with Crippen LogP contribution in [0.3, 0.4) is 0 Å². The summed E-state index contributed by atoms with van der Waals surface area (Å²) >= 11 is 0. The van der Waals surface area contributed by atoms with Gasteiger partial charge in [-0.25, -0.2) is 24.1 Å². The van der Waals surface area contributed by atoms with Gasteiger partial charge in [-0.1, -0.05) is 72.8 Å². The molecule has 0 atom stereocenters. The predicted octanol–water partition coefficient (Wildman–Crippen LogP) is 6.09. The maximum Gasteiger partial charge on any atom is 0.181 e. The Hall–Kier alpha value is -2.96. The molecule has 1 heterocycles. The monoisotopic (exact) mass is 449 g/mol. The van der Waals surface area contributed by atoms with Crippen molar-refractivity contribution in [2.75, 3.05) is 31.1 Å². The third-order valence-corrected chi connectivity index (χ3v) is 6.47. The Balaban J connectivity index is 1.77. The Morgan fingerprint density at radius 2 is 1.50 bits per heavy atom. The molecule has 0 aliphatic heterocycles. The second-order valence-corrected chi connectivity index (χ2v) is 13.1. The van der Waals surface area contributed by atoms with Crippen LogP contribution >= 0.6 is 10.0 Å². The van der Waals surface area contributed by atoms with Gasteiger partial charge in [0.05, 0.1) is 12.2 Å². The van der Waals surface area contributed by atoms with E-state index in [1.807, 2.05) is 66.7 Å². The number of aromatic nitrogens is 3. The molecule has 4 rings (SSSR count). The van der Waals surface area contributed by atoms with Crippen LogP contribution in [0.25, 0.3) is 33.9 Å². The molecular weight excluding hydrogens is 421 g/mol. The molecule has 0 unspecified atom stereocenters.